The highest BCUT2D eigenvalue weighted by Crippen LogP contribution is 2.30. The van der Waals surface area contributed by atoms with E-state index in [-0.39, 0.29) is 12.3 Å². The van der Waals surface area contributed by atoms with E-state index in [1.807, 2.05) is 6.07 Å². The first-order chi connectivity index (χ1) is 8.20. The number of benzene rings is 1. The van der Waals surface area contributed by atoms with Crippen molar-refractivity contribution < 1.29 is 9.53 Å². The lowest BCUT2D eigenvalue weighted by Crippen LogP contribution is -2.19. The molecule has 92 valence electrons. The predicted molar refractivity (Wildman–Crippen MR) is 70.4 cm³/mol. The number of carbonyl (C=O) groups excluding carboxylic acids is 1. The molecule has 1 fully saturated rings. The van der Waals surface area contributed by atoms with Gasteiger partial charge in [0.2, 0.25) is 0 Å². The Labute approximate surface area is 109 Å². The van der Waals surface area contributed by atoms with Gasteiger partial charge in [0.05, 0.1) is 17.6 Å². The highest BCUT2D eigenvalue weighted by atomic mass is 79.9. The summed E-state index contributed by atoms with van der Waals surface area (Å²) in [6, 6.07) is 5.35. The van der Waals surface area contributed by atoms with Crippen LogP contribution in [0.15, 0.2) is 22.7 Å². The van der Waals surface area contributed by atoms with Crippen molar-refractivity contribution >= 4 is 21.7 Å². The van der Waals surface area contributed by atoms with Crippen molar-refractivity contribution in [2.75, 3.05) is 13.2 Å². The third-order valence-electron chi connectivity index (χ3n) is 3.14. The van der Waals surface area contributed by atoms with Crippen LogP contribution < -0.4 is 10.5 Å². The molecule has 4 heteroatoms. The van der Waals surface area contributed by atoms with Gasteiger partial charge in [-0.2, -0.15) is 0 Å². The summed E-state index contributed by atoms with van der Waals surface area (Å²) in [6.45, 7) is 0.803. The van der Waals surface area contributed by atoms with Crippen LogP contribution in [-0.4, -0.2) is 18.9 Å². The van der Waals surface area contributed by atoms with Gasteiger partial charge in [-0.1, -0.05) is 6.42 Å². The van der Waals surface area contributed by atoms with Crippen molar-refractivity contribution in [1.29, 1.82) is 0 Å². The SMILES string of the molecule is NCC(=O)c1ccc(OCC2CCC2)c(Br)c1. The Morgan fingerprint density at radius 3 is 2.76 bits per heavy atom. The monoisotopic (exact) mass is 297 g/mol. The molecular formula is C13H16BrNO2. The molecule has 1 aromatic rings. The maximum absolute atomic E-state index is 11.4. The Balaban J connectivity index is 2.00. The molecule has 2 N–H and O–H groups in total. The van der Waals surface area contributed by atoms with E-state index in [1.54, 1.807) is 12.1 Å². The normalized spacial score (nSPS) is 15.4. The lowest BCUT2D eigenvalue weighted by molar-refractivity contribution is 0.100. The van der Waals surface area contributed by atoms with E-state index in [0.717, 1.165) is 16.8 Å². The molecule has 17 heavy (non-hydrogen) atoms. The second-order valence-electron chi connectivity index (χ2n) is 4.38. The molecule has 0 radical (unpaired) electrons. The van der Waals surface area contributed by atoms with Crippen molar-refractivity contribution in [2.24, 2.45) is 11.7 Å². The van der Waals surface area contributed by atoms with Crippen LogP contribution in [0.3, 0.4) is 0 Å². The summed E-state index contributed by atoms with van der Waals surface area (Å²) in [5.74, 6) is 1.44. The lowest BCUT2D eigenvalue weighted by atomic mass is 9.86. The number of rotatable bonds is 5. The lowest BCUT2D eigenvalue weighted by Gasteiger charge is -2.25. The number of carbonyl (C=O) groups is 1. The molecule has 2 rings (SSSR count). The zero-order valence-electron chi connectivity index (χ0n) is 9.62. The Bertz CT molecular complexity index is 416. The van der Waals surface area contributed by atoms with Gasteiger partial charge < -0.3 is 10.5 Å². The van der Waals surface area contributed by atoms with Gasteiger partial charge in [-0.3, -0.25) is 4.79 Å². The summed E-state index contributed by atoms with van der Waals surface area (Å²) in [7, 11) is 0. The summed E-state index contributed by atoms with van der Waals surface area (Å²) >= 11 is 3.42. The molecule has 0 unspecified atom stereocenters. The van der Waals surface area contributed by atoms with Gasteiger partial charge in [0.15, 0.2) is 5.78 Å². The summed E-state index contributed by atoms with van der Waals surface area (Å²) in [5.41, 5.74) is 5.94. The van der Waals surface area contributed by atoms with Crippen molar-refractivity contribution in [3.8, 4) is 5.75 Å². The first-order valence-corrected chi connectivity index (χ1v) is 6.65. The molecule has 1 aliphatic carbocycles. The van der Waals surface area contributed by atoms with E-state index >= 15 is 0 Å². The number of nitrogens with two attached hydrogens (primary N) is 1. The minimum absolute atomic E-state index is 0.0364. The molecule has 1 aliphatic rings. The highest BCUT2D eigenvalue weighted by Gasteiger charge is 2.18. The number of halogens is 1. The molecule has 0 spiro atoms. The van der Waals surface area contributed by atoms with Crippen molar-refractivity contribution in [3.63, 3.8) is 0 Å². The third-order valence-corrected chi connectivity index (χ3v) is 3.76. The van der Waals surface area contributed by atoms with Crippen LogP contribution in [0, 0.1) is 5.92 Å². The largest absolute Gasteiger partial charge is 0.492 e. The van der Waals surface area contributed by atoms with Crippen LogP contribution in [-0.2, 0) is 0 Å². The van der Waals surface area contributed by atoms with Crippen molar-refractivity contribution in [3.05, 3.63) is 28.2 Å². The topological polar surface area (TPSA) is 52.3 Å². The Hall–Kier alpha value is -0.870. The highest BCUT2D eigenvalue weighted by molar-refractivity contribution is 9.10. The van der Waals surface area contributed by atoms with Crippen LogP contribution in [0.2, 0.25) is 0 Å². The number of hydrogen-bond acceptors (Lipinski definition) is 3. The van der Waals surface area contributed by atoms with E-state index < -0.39 is 0 Å². The Kier molecular flexibility index (Phi) is 4.18. The first kappa shape index (κ1) is 12.6. The van der Waals surface area contributed by atoms with Crippen LogP contribution in [0.25, 0.3) is 0 Å². The number of Topliss-reactive ketones (excluding diaryl/α,β-unsaturated/α-hetero) is 1. The van der Waals surface area contributed by atoms with E-state index in [1.165, 1.54) is 19.3 Å². The summed E-state index contributed by atoms with van der Waals surface area (Å²) in [4.78, 5) is 11.4. The van der Waals surface area contributed by atoms with E-state index in [0.29, 0.717) is 11.5 Å². The molecule has 3 nitrogen and oxygen atoms in total. The van der Waals surface area contributed by atoms with Gasteiger partial charge in [-0.05, 0) is 52.9 Å². The molecule has 0 atom stereocenters. The number of hydrogen-bond donors (Lipinski definition) is 1. The summed E-state index contributed by atoms with van der Waals surface area (Å²) in [5, 5.41) is 0. The fourth-order valence-electron chi connectivity index (χ4n) is 1.78. The predicted octanol–water partition coefficient (Wildman–Crippen LogP) is 2.77. The van der Waals surface area contributed by atoms with Crippen molar-refractivity contribution in [2.45, 2.75) is 19.3 Å². The third kappa shape index (κ3) is 3.07. The molecular weight excluding hydrogens is 282 g/mol. The zero-order chi connectivity index (χ0) is 12.3. The van der Waals surface area contributed by atoms with Crippen LogP contribution >= 0.6 is 15.9 Å². The van der Waals surface area contributed by atoms with Gasteiger partial charge in [0, 0.05) is 5.56 Å². The molecule has 0 aliphatic heterocycles. The fraction of sp³-hybridized carbons (Fsp3) is 0.462. The second kappa shape index (κ2) is 5.65. The van der Waals surface area contributed by atoms with Crippen LogP contribution in [0.1, 0.15) is 29.6 Å². The molecule has 1 saturated carbocycles. The first-order valence-electron chi connectivity index (χ1n) is 5.86. The summed E-state index contributed by atoms with van der Waals surface area (Å²) in [6.07, 6.45) is 3.85. The second-order valence-corrected chi connectivity index (χ2v) is 5.23. The molecule has 0 amide bonds. The minimum atomic E-state index is -0.0590. The fourth-order valence-corrected chi connectivity index (χ4v) is 2.27. The average Bonchev–Trinajstić information content (AvgIpc) is 2.28. The zero-order valence-corrected chi connectivity index (χ0v) is 11.2. The van der Waals surface area contributed by atoms with E-state index in [4.69, 9.17) is 10.5 Å². The van der Waals surface area contributed by atoms with Crippen molar-refractivity contribution in [1.82, 2.24) is 0 Å². The maximum Gasteiger partial charge on any atom is 0.176 e. The Morgan fingerprint density at radius 2 is 2.24 bits per heavy atom. The average molecular weight is 298 g/mol. The van der Waals surface area contributed by atoms with Gasteiger partial charge >= 0.3 is 0 Å². The number of ether oxygens (including phenoxy) is 1. The molecule has 0 heterocycles. The Morgan fingerprint density at radius 1 is 1.47 bits per heavy atom. The molecule has 0 aromatic heterocycles. The maximum atomic E-state index is 11.4. The van der Waals surface area contributed by atoms with Gasteiger partial charge in [0.25, 0.3) is 0 Å². The van der Waals surface area contributed by atoms with Gasteiger partial charge in [0.1, 0.15) is 5.75 Å². The quantitative estimate of drug-likeness (QED) is 0.850. The molecule has 0 bridgehead atoms. The van der Waals surface area contributed by atoms with E-state index in [9.17, 15) is 4.79 Å². The summed E-state index contributed by atoms with van der Waals surface area (Å²) < 4.78 is 6.54. The minimum Gasteiger partial charge on any atom is -0.492 e. The smallest absolute Gasteiger partial charge is 0.176 e. The van der Waals surface area contributed by atoms with Crippen LogP contribution in [0.5, 0.6) is 5.75 Å². The van der Waals surface area contributed by atoms with Crippen LogP contribution in [0.4, 0.5) is 0 Å². The number of ketones is 1. The molecule has 1 aromatic carbocycles. The van der Waals surface area contributed by atoms with E-state index in [2.05, 4.69) is 15.9 Å². The molecule has 0 saturated heterocycles. The standard InChI is InChI=1S/C13H16BrNO2/c14-11-6-10(12(16)7-15)4-5-13(11)17-8-9-2-1-3-9/h4-6,9H,1-3,7-8,15H2. The van der Waals surface area contributed by atoms with Gasteiger partial charge in [-0.15, -0.1) is 0 Å². The van der Waals surface area contributed by atoms with Gasteiger partial charge in [-0.25, -0.2) is 0 Å².